The van der Waals surface area contributed by atoms with Gasteiger partial charge in [-0.3, -0.25) is 4.79 Å². The standard InChI is InChI=1S/C18H27N5O2/c1-14-12-16(21-8-10-25-11-9-21)20-18(19-14)23-6-4-22(5-7-23)17(24)13-15-2-3-15/h12,15H,2-11,13H2,1H3. The largest absolute Gasteiger partial charge is 0.378 e. The van der Waals surface area contributed by atoms with Gasteiger partial charge in [0.15, 0.2) is 0 Å². The van der Waals surface area contributed by atoms with Crippen LogP contribution in [0.15, 0.2) is 6.07 Å². The molecule has 1 amide bonds. The molecule has 0 bridgehead atoms. The second-order valence-electron chi connectivity index (χ2n) is 7.28. The molecule has 0 atom stereocenters. The van der Waals surface area contributed by atoms with Gasteiger partial charge < -0.3 is 19.4 Å². The number of anilines is 2. The third-order valence-corrected chi connectivity index (χ3v) is 5.24. The smallest absolute Gasteiger partial charge is 0.227 e. The lowest BCUT2D eigenvalue weighted by Crippen LogP contribution is -2.49. The van der Waals surface area contributed by atoms with Crippen molar-refractivity contribution in [2.24, 2.45) is 5.92 Å². The first-order valence-corrected chi connectivity index (χ1v) is 9.40. The first-order valence-electron chi connectivity index (χ1n) is 9.40. The van der Waals surface area contributed by atoms with Crippen LogP contribution in [0.4, 0.5) is 11.8 Å². The van der Waals surface area contributed by atoms with Crippen LogP contribution >= 0.6 is 0 Å². The molecule has 3 heterocycles. The van der Waals surface area contributed by atoms with Crippen LogP contribution in [0.3, 0.4) is 0 Å². The first kappa shape index (κ1) is 16.6. The Morgan fingerprint density at radius 2 is 1.80 bits per heavy atom. The summed E-state index contributed by atoms with van der Waals surface area (Å²) in [5.74, 6) is 2.75. The Labute approximate surface area is 149 Å². The maximum atomic E-state index is 12.3. The van der Waals surface area contributed by atoms with Crippen molar-refractivity contribution in [2.45, 2.75) is 26.2 Å². The zero-order chi connectivity index (χ0) is 17.2. The predicted octanol–water partition coefficient (Wildman–Crippen LogP) is 1.07. The van der Waals surface area contributed by atoms with E-state index in [0.29, 0.717) is 11.8 Å². The summed E-state index contributed by atoms with van der Waals surface area (Å²) in [6.45, 7) is 8.43. The Balaban J connectivity index is 1.40. The van der Waals surface area contributed by atoms with E-state index in [9.17, 15) is 4.79 Å². The van der Waals surface area contributed by atoms with Gasteiger partial charge in [-0.1, -0.05) is 0 Å². The molecule has 25 heavy (non-hydrogen) atoms. The van der Waals surface area contributed by atoms with Gasteiger partial charge in [0.2, 0.25) is 11.9 Å². The van der Waals surface area contributed by atoms with Gasteiger partial charge >= 0.3 is 0 Å². The number of carbonyl (C=O) groups excluding carboxylic acids is 1. The molecule has 7 heteroatoms. The van der Waals surface area contributed by atoms with E-state index in [4.69, 9.17) is 9.72 Å². The van der Waals surface area contributed by atoms with Crippen LogP contribution in [0.5, 0.6) is 0 Å². The molecule has 0 N–H and O–H groups in total. The van der Waals surface area contributed by atoms with Gasteiger partial charge in [0.25, 0.3) is 0 Å². The average molecular weight is 345 g/mol. The summed E-state index contributed by atoms with van der Waals surface area (Å²) < 4.78 is 5.43. The normalized spacial score (nSPS) is 21.6. The first-order chi connectivity index (χ1) is 12.2. The van der Waals surface area contributed by atoms with Crippen LogP contribution in [0.2, 0.25) is 0 Å². The summed E-state index contributed by atoms with van der Waals surface area (Å²) in [5.41, 5.74) is 0.985. The minimum atomic E-state index is 0.321. The van der Waals surface area contributed by atoms with Crippen LogP contribution in [0.1, 0.15) is 25.0 Å². The van der Waals surface area contributed by atoms with Crippen LogP contribution in [-0.4, -0.2) is 73.3 Å². The van der Waals surface area contributed by atoms with Gasteiger partial charge in [-0.25, -0.2) is 4.98 Å². The van der Waals surface area contributed by atoms with E-state index in [1.165, 1.54) is 12.8 Å². The van der Waals surface area contributed by atoms with E-state index in [2.05, 4.69) is 14.8 Å². The van der Waals surface area contributed by atoms with Crippen LogP contribution in [-0.2, 0) is 9.53 Å². The van der Waals surface area contributed by atoms with Gasteiger partial charge in [0.1, 0.15) is 5.82 Å². The number of morpholine rings is 1. The lowest BCUT2D eigenvalue weighted by molar-refractivity contribution is -0.131. The van der Waals surface area contributed by atoms with E-state index in [1.54, 1.807) is 0 Å². The molecular weight excluding hydrogens is 318 g/mol. The molecule has 1 aromatic heterocycles. The summed E-state index contributed by atoms with van der Waals surface area (Å²) >= 11 is 0. The molecule has 1 aliphatic carbocycles. The fraction of sp³-hybridized carbons (Fsp3) is 0.722. The quantitative estimate of drug-likeness (QED) is 0.813. The molecule has 3 aliphatic rings. The Morgan fingerprint density at radius 3 is 2.48 bits per heavy atom. The molecule has 1 saturated carbocycles. The number of piperazine rings is 1. The van der Waals surface area contributed by atoms with Crippen LogP contribution < -0.4 is 9.80 Å². The molecule has 1 aromatic rings. The zero-order valence-corrected chi connectivity index (χ0v) is 15.0. The number of ether oxygens (including phenoxy) is 1. The predicted molar refractivity (Wildman–Crippen MR) is 95.9 cm³/mol. The van der Waals surface area contributed by atoms with Crippen molar-refractivity contribution in [1.82, 2.24) is 14.9 Å². The molecule has 0 unspecified atom stereocenters. The zero-order valence-electron chi connectivity index (χ0n) is 15.0. The Hall–Kier alpha value is -1.89. The third-order valence-electron chi connectivity index (χ3n) is 5.24. The van der Waals surface area contributed by atoms with Crippen molar-refractivity contribution >= 4 is 17.7 Å². The molecule has 136 valence electrons. The summed E-state index contributed by atoms with van der Waals surface area (Å²) in [6, 6.07) is 2.05. The van der Waals surface area contributed by atoms with Crippen molar-refractivity contribution in [1.29, 1.82) is 0 Å². The highest BCUT2D eigenvalue weighted by Crippen LogP contribution is 2.33. The number of hydrogen-bond donors (Lipinski definition) is 0. The summed E-state index contributed by atoms with van der Waals surface area (Å²) in [7, 11) is 0. The number of aromatic nitrogens is 2. The number of aryl methyl sites for hydroxylation is 1. The summed E-state index contributed by atoms with van der Waals surface area (Å²) in [6.07, 6.45) is 3.20. The number of amides is 1. The topological polar surface area (TPSA) is 61.8 Å². The van der Waals surface area contributed by atoms with E-state index >= 15 is 0 Å². The Morgan fingerprint density at radius 1 is 1.08 bits per heavy atom. The van der Waals surface area contributed by atoms with E-state index in [1.807, 2.05) is 17.9 Å². The van der Waals surface area contributed by atoms with E-state index in [0.717, 1.165) is 76.4 Å². The van der Waals surface area contributed by atoms with E-state index in [-0.39, 0.29) is 0 Å². The van der Waals surface area contributed by atoms with Gasteiger partial charge in [0, 0.05) is 57.4 Å². The van der Waals surface area contributed by atoms with Crippen molar-refractivity contribution in [2.75, 3.05) is 62.3 Å². The molecule has 4 rings (SSSR count). The average Bonchev–Trinajstić information content (AvgIpc) is 3.46. The fourth-order valence-corrected chi connectivity index (χ4v) is 3.49. The van der Waals surface area contributed by atoms with Crippen LogP contribution in [0.25, 0.3) is 0 Å². The van der Waals surface area contributed by atoms with Gasteiger partial charge in [-0.05, 0) is 25.7 Å². The molecule has 2 saturated heterocycles. The lowest BCUT2D eigenvalue weighted by Gasteiger charge is -2.35. The highest BCUT2D eigenvalue weighted by Gasteiger charge is 2.29. The maximum Gasteiger partial charge on any atom is 0.227 e. The van der Waals surface area contributed by atoms with Gasteiger partial charge in [0.05, 0.1) is 13.2 Å². The minimum absolute atomic E-state index is 0.321. The highest BCUT2D eigenvalue weighted by molar-refractivity contribution is 5.77. The molecule has 3 fully saturated rings. The number of hydrogen-bond acceptors (Lipinski definition) is 6. The SMILES string of the molecule is Cc1cc(N2CCOCC2)nc(N2CCN(C(=O)CC3CC3)CC2)n1. The molecule has 2 aliphatic heterocycles. The van der Waals surface area contributed by atoms with E-state index < -0.39 is 0 Å². The Kier molecular flexibility index (Phi) is 4.74. The van der Waals surface area contributed by atoms with Crippen molar-refractivity contribution in [3.05, 3.63) is 11.8 Å². The summed E-state index contributed by atoms with van der Waals surface area (Å²) in [5, 5.41) is 0. The lowest BCUT2D eigenvalue weighted by atomic mass is 10.2. The Bertz CT molecular complexity index is 620. The minimum Gasteiger partial charge on any atom is -0.378 e. The van der Waals surface area contributed by atoms with Gasteiger partial charge in [-0.2, -0.15) is 4.98 Å². The number of carbonyl (C=O) groups is 1. The number of nitrogens with zero attached hydrogens (tertiary/aromatic N) is 5. The van der Waals surface area contributed by atoms with Crippen molar-refractivity contribution < 1.29 is 9.53 Å². The summed E-state index contributed by atoms with van der Waals surface area (Å²) in [4.78, 5) is 28.2. The molecule has 0 aromatic carbocycles. The maximum absolute atomic E-state index is 12.3. The van der Waals surface area contributed by atoms with Crippen LogP contribution in [0, 0.1) is 12.8 Å². The van der Waals surface area contributed by atoms with Crippen molar-refractivity contribution in [3.63, 3.8) is 0 Å². The second-order valence-corrected chi connectivity index (χ2v) is 7.28. The monoisotopic (exact) mass is 345 g/mol. The fourth-order valence-electron chi connectivity index (χ4n) is 3.49. The molecular formula is C18H27N5O2. The number of rotatable bonds is 4. The third kappa shape index (κ3) is 4.03. The second kappa shape index (κ2) is 7.15. The molecule has 0 spiro atoms. The highest BCUT2D eigenvalue weighted by atomic mass is 16.5. The molecule has 0 radical (unpaired) electrons. The van der Waals surface area contributed by atoms with Gasteiger partial charge in [-0.15, -0.1) is 0 Å². The molecule has 7 nitrogen and oxygen atoms in total. The van der Waals surface area contributed by atoms with Crippen molar-refractivity contribution in [3.8, 4) is 0 Å².